The fourth-order valence-corrected chi connectivity index (χ4v) is 2.30. The molecule has 0 aliphatic carbocycles. The van der Waals surface area contributed by atoms with E-state index in [0.29, 0.717) is 13.2 Å². The number of ether oxygens (including phenoxy) is 1. The molecule has 22 heavy (non-hydrogen) atoms. The summed E-state index contributed by atoms with van der Waals surface area (Å²) in [4.78, 5) is 9.05. The summed E-state index contributed by atoms with van der Waals surface area (Å²) in [6.07, 6.45) is 1.83. The van der Waals surface area contributed by atoms with Gasteiger partial charge in [-0.05, 0) is 31.5 Å². The largest absolute Gasteiger partial charge is 0.383 e. The molecule has 1 heterocycles. The van der Waals surface area contributed by atoms with Gasteiger partial charge < -0.3 is 15.4 Å². The molecule has 1 aromatic carbocycles. The van der Waals surface area contributed by atoms with Crippen LogP contribution in [-0.4, -0.2) is 37.2 Å². The van der Waals surface area contributed by atoms with E-state index in [-0.39, 0.29) is 6.04 Å². The van der Waals surface area contributed by atoms with Gasteiger partial charge in [-0.25, -0.2) is 4.99 Å². The highest BCUT2D eigenvalue weighted by molar-refractivity contribution is 5.83. The maximum Gasteiger partial charge on any atom is 0.191 e. The number of aromatic nitrogens is 1. The smallest absolute Gasteiger partial charge is 0.191 e. The monoisotopic (exact) mass is 300 g/mol. The van der Waals surface area contributed by atoms with Gasteiger partial charge in [0.1, 0.15) is 0 Å². The second-order valence-corrected chi connectivity index (χ2v) is 5.18. The van der Waals surface area contributed by atoms with Crippen molar-refractivity contribution in [1.82, 2.24) is 15.6 Å². The van der Waals surface area contributed by atoms with Crippen LogP contribution in [0.5, 0.6) is 0 Å². The number of hydrogen-bond acceptors (Lipinski definition) is 3. The predicted octanol–water partition coefficient (Wildman–Crippen LogP) is 2.32. The first-order valence-electron chi connectivity index (χ1n) is 7.61. The zero-order chi connectivity index (χ0) is 15.8. The van der Waals surface area contributed by atoms with Gasteiger partial charge in [0.05, 0.1) is 18.7 Å². The van der Waals surface area contributed by atoms with Crippen LogP contribution in [0.2, 0.25) is 0 Å². The number of guanidine groups is 1. The lowest BCUT2D eigenvalue weighted by molar-refractivity contribution is 0.179. The molecule has 0 bridgehead atoms. The zero-order valence-corrected chi connectivity index (χ0v) is 13.5. The molecule has 1 aromatic heterocycles. The number of benzene rings is 1. The van der Waals surface area contributed by atoms with Gasteiger partial charge in [0.25, 0.3) is 0 Å². The van der Waals surface area contributed by atoms with Crippen molar-refractivity contribution >= 4 is 16.9 Å². The number of nitrogens with one attached hydrogen (secondary N) is 2. The highest BCUT2D eigenvalue weighted by Crippen LogP contribution is 2.16. The molecule has 0 radical (unpaired) electrons. The van der Waals surface area contributed by atoms with Crippen LogP contribution in [0.15, 0.2) is 41.5 Å². The molecule has 1 unspecified atom stereocenters. The van der Waals surface area contributed by atoms with E-state index in [1.165, 1.54) is 5.56 Å². The van der Waals surface area contributed by atoms with Gasteiger partial charge in [0.15, 0.2) is 5.96 Å². The number of hydrogen-bond donors (Lipinski definition) is 2. The molecule has 0 fully saturated rings. The van der Waals surface area contributed by atoms with Gasteiger partial charge in [0.2, 0.25) is 0 Å². The summed E-state index contributed by atoms with van der Waals surface area (Å²) in [5.41, 5.74) is 2.17. The van der Waals surface area contributed by atoms with Crippen LogP contribution < -0.4 is 10.6 Å². The molecule has 2 aromatic rings. The Morgan fingerprint density at radius 1 is 1.32 bits per heavy atom. The summed E-state index contributed by atoms with van der Waals surface area (Å²) < 4.78 is 5.15. The number of rotatable bonds is 6. The predicted molar refractivity (Wildman–Crippen MR) is 91.0 cm³/mol. The maximum absolute atomic E-state index is 5.15. The van der Waals surface area contributed by atoms with Crippen LogP contribution in [0.3, 0.4) is 0 Å². The van der Waals surface area contributed by atoms with Crippen LogP contribution in [0, 0.1) is 0 Å². The van der Waals surface area contributed by atoms with E-state index in [2.05, 4.69) is 40.5 Å². The van der Waals surface area contributed by atoms with E-state index in [0.717, 1.165) is 23.4 Å². The Morgan fingerprint density at radius 2 is 2.14 bits per heavy atom. The van der Waals surface area contributed by atoms with Crippen molar-refractivity contribution in [3.05, 3.63) is 42.1 Å². The molecular weight excluding hydrogens is 276 g/mol. The normalized spacial score (nSPS) is 13.1. The van der Waals surface area contributed by atoms with Crippen molar-refractivity contribution in [2.24, 2.45) is 4.99 Å². The molecule has 118 valence electrons. The molecule has 0 aliphatic heterocycles. The van der Waals surface area contributed by atoms with Crippen LogP contribution >= 0.6 is 0 Å². The maximum atomic E-state index is 5.15. The number of pyridine rings is 1. The molecule has 1 atom stereocenters. The molecule has 0 aliphatic rings. The number of para-hydroxylation sites is 1. The fourth-order valence-electron chi connectivity index (χ4n) is 2.30. The number of methoxy groups -OCH3 is 1. The van der Waals surface area contributed by atoms with E-state index in [1.54, 1.807) is 7.11 Å². The summed E-state index contributed by atoms with van der Waals surface area (Å²) in [5, 5.41) is 7.74. The van der Waals surface area contributed by atoms with Gasteiger partial charge in [-0.1, -0.05) is 18.2 Å². The van der Waals surface area contributed by atoms with Gasteiger partial charge in [-0.3, -0.25) is 4.98 Å². The first-order valence-corrected chi connectivity index (χ1v) is 7.61. The first-order chi connectivity index (χ1) is 10.7. The van der Waals surface area contributed by atoms with Gasteiger partial charge >= 0.3 is 0 Å². The van der Waals surface area contributed by atoms with Gasteiger partial charge in [0, 0.05) is 31.3 Å². The van der Waals surface area contributed by atoms with Gasteiger partial charge in [-0.2, -0.15) is 0 Å². The van der Waals surface area contributed by atoms with E-state index in [1.807, 2.05) is 30.5 Å². The summed E-state index contributed by atoms with van der Waals surface area (Å²) in [7, 11) is 1.70. The molecule has 0 saturated heterocycles. The first kappa shape index (κ1) is 16.2. The van der Waals surface area contributed by atoms with Crippen molar-refractivity contribution in [3.63, 3.8) is 0 Å². The summed E-state index contributed by atoms with van der Waals surface area (Å²) in [6, 6.07) is 10.4. The number of aliphatic imine (C=N–C) groups is 1. The lowest BCUT2D eigenvalue weighted by Gasteiger charge is -2.17. The Hall–Kier alpha value is -2.14. The van der Waals surface area contributed by atoms with Gasteiger partial charge in [-0.15, -0.1) is 0 Å². The third-order valence-corrected chi connectivity index (χ3v) is 3.29. The molecule has 5 nitrogen and oxygen atoms in total. The van der Waals surface area contributed by atoms with E-state index in [4.69, 9.17) is 4.74 Å². The standard InChI is InChI=1S/C17H24N4O/c1-4-18-17(21-13(2)12-22-3)20-11-14-9-10-19-16-8-6-5-7-15(14)16/h5-10,13H,4,11-12H2,1-3H3,(H2,18,20,21). The molecule has 5 heteroatoms. The molecule has 0 amide bonds. The van der Waals surface area contributed by atoms with Crippen molar-refractivity contribution in [1.29, 1.82) is 0 Å². The van der Waals surface area contributed by atoms with Crippen LogP contribution in [0.25, 0.3) is 10.9 Å². The minimum absolute atomic E-state index is 0.206. The summed E-state index contributed by atoms with van der Waals surface area (Å²) in [6.45, 7) is 6.20. The Kier molecular flexibility index (Phi) is 6.15. The topological polar surface area (TPSA) is 58.5 Å². The van der Waals surface area contributed by atoms with Crippen molar-refractivity contribution < 1.29 is 4.74 Å². The molecule has 0 saturated carbocycles. The Morgan fingerprint density at radius 3 is 2.91 bits per heavy atom. The van der Waals surface area contributed by atoms with Crippen molar-refractivity contribution in [3.8, 4) is 0 Å². The lowest BCUT2D eigenvalue weighted by atomic mass is 10.1. The minimum atomic E-state index is 0.206. The minimum Gasteiger partial charge on any atom is -0.383 e. The van der Waals surface area contributed by atoms with Crippen LogP contribution in [0.1, 0.15) is 19.4 Å². The van der Waals surface area contributed by atoms with E-state index >= 15 is 0 Å². The Bertz CT molecular complexity index is 622. The summed E-state index contributed by atoms with van der Waals surface area (Å²) in [5.74, 6) is 0.799. The molecule has 0 spiro atoms. The highest BCUT2D eigenvalue weighted by atomic mass is 16.5. The van der Waals surface area contributed by atoms with E-state index < -0.39 is 0 Å². The highest BCUT2D eigenvalue weighted by Gasteiger charge is 2.05. The summed E-state index contributed by atoms with van der Waals surface area (Å²) >= 11 is 0. The number of fused-ring (bicyclic) bond motifs is 1. The molecule has 2 N–H and O–H groups in total. The molecule has 2 rings (SSSR count). The fraction of sp³-hybridized carbons (Fsp3) is 0.412. The van der Waals surface area contributed by atoms with Crippen LogP contribution in [0.4, 0.5) is 0 Å². The number of nitrogens with zero attached hydrogens (tertiary/aromatic N) is 2. The van der Waals surface area contributed by atoms with Crippen molar-refractivity contribution in [2.75, 3.05) is 20.3 Å². The lowest BCUT2D eigenvalue weighted by Crippen LogP contribution is -2.43. The second-order valence-electron chi connectivity index (χ2n) is 5.18. The SMILES string of the molecule is CCNC(=NCc1ccnc2ccccc12)NC(C)COC. The Labute approximate surface area is 131 Å². The second kappa shape index (κ2) is 8.34. The van der Waals surface area contributed by atoms with Crippen LogP contribution in [-0.2, 0) is 11.3 Å². The third-order valence-electron chi connectivity index (χ3n) is 3.29. The quantitative estimate of drug-likeness (QED) is 0.635. The average Bonchev–Trinajstić information content (AvgIpc) is 2.53. The molecular formula is C17H24N4O. The third kappa shape index (κ3) is 4.43. The van der Waals surface area contributed by atoms with Crippen molar-refractivity contribution in [2.45, 2.75) is 26.4 Å². The zero-order valence-electron chi connectivity index (χ0n) is 13.5. The average molecular weight is 300 g/mol. The van der Waals surface area contributed by atoms with E-state index in [9.17, 15) is 0 Å². The Balaban J connectivity index is 2.15.